The van der Waals surface area contributed by atoms with E-state index >= 15 is 0 Å². The van der Waals surface area contributed by atoms with Crippen LogP contribution in [0, 0.1) is 11.8 Å². The third-order valence-electron chi connectivity index (χ3n) is 3.69. The molecule has 2 aromatic carbocycles. The molecule has 0 aliphatic carbocycles. The summed E-state index contributed by atoms with van der Waals surface area (Å²) in [7, 11) is 6.10. The molecule has 0 atom stereocenters. The predicted molar refractivity (Wildman–Crippen MR) is 97.2 cm³/mol. The van der Waals surface area contributed by atoms with Gasteiger partial charge < -0.3 is 24.1 Å². The van der Waals surface area contributed by atoms with Crippen molar-refractivity contribution in [1.82, 2.24) is 0 Å². The Morgan fingerprint density at radius 2 is 1.62 bits per heavy atom. The van der Waals surface area contributed by atoms with E-state index in [4.69, 9.17) is 18.9 Å². The quantitative estimate of drug-likeness (QED) is 0.802. The number of hydrogen-bond acceptors (Lipinski definition) is 5. The smallest absolute Gasteiger partial charge is 0.336 e. The van der Waals surface area contributed by atoms with Gasteiger partial charge in [-0.3, -0.25) is 0 Å². The van der Waals surface area contributed by atoms with Crippen molar-refractivity contribution in [3.8, 4) is 40.2 Å². The second-order valence-corrected chi connectivity index (χ2v) is 5.21. The minimum atomic E-state index is -1.05. The first kappa shape index (κ1) is 19.2. The molecule has 0 saturated heterocycles. The van der Waals surface area contributed by atoms with Crippen molar-refractivity contribution in [1.29, 1.82) is 0 Å². The van der Waals surface area contributed by atoms with Gasteiger partial charge in [0.25, 0.3) is 0 Å². The summed E-state index contributed by atoms with van der Waals surface area (Å²) < 4.78 is 20.9. The highest BCUT2D eigenvalue weighted by Crippen LogP contribution is 2.41. The monoisotopic (exact) mass is 356 g/mol. The molecular weight excluding hydrogens is 336 g/mol. The first-order valence-electron chi connectivity index (χ1n) is 7.71. The van der Waals surface area contributed by atoms with Crippen molar-refractivity contribution in [3.05, 3.63) is 41.5 Å². The van der Waals surface area contributed by atoms with Gasteiger partial charge in [0.05, 0.1) is 26.9 Å². The van der Waals surface area contributed by atoms with Gasteiger partial charge in [-0.2, -0.15) is 0 Å². The molecule has 0 unspecified atom stereocenters. The molecule has 0 heterocycles. The summed E-state index contributed by atoms with van der Waals surface area (Å²) in [5.74, 6) is 5.97. The maximum atomic E-state index is 11.6. The van der Waals surface area contributed by atoms with Gasteiger partial charge in [0.2, 0.25) is 5.75 Å². The number of methoxy groups -OCH3 is 4. The van der Waals surface area contributed by atoms with Crippen molar-refractivity contribution in [2.45, 2.75) is 0 Å². The molecule has 6 nitrogen and oxygen atoms in total. The topological polar surface area (TPSA) is 74.2 Å². The Kier molecular flexibility index (Phi) is 6.48. The lowest BCUT2D eigenvalue weighted by Gasteiger charge is -2.14. The summed E-state index contributed by atoms with van der Waals surface area (Å²) in [6.45, 7) is 0.230. The number of carboxylic acid groups (broad SMARTS) is 1. The zero-order valence-corrected chi connectivity index (χ0v) is 15.1. The zero-order chi connectivity index (χ0) is 19.1. The van der Waals surface area contributed by atoms with Crippen LogP contribution in [0.25, 0.3) is 11.1 Å². The third-order valence-corrected chi connectivity index (χ3v) is 3.69. The molecule has 0 aliphatic rings. The van der Waals surface area contributed by atoms with Gasteiger partial charge in [-0.05, 0) is 35.4 Å². The number of aromatic carboxylic acids is 1. The zero-order valence-electron chi connectivity index (χ0n) is 15.1. The van der Waals surface area contributed by atoms with Crippen LogP contribution in [0.5, 0.6) is 17.2 Å². The van der Waals surface area contributed by atoms with E-state index in [-0.39, 0.29) is 12.2 Å². The third kappa shape index (κ3) is 4.08. The predicted octanol–water partition coefficient (Wildman–Crippen LogP) is 3.08. The van der Waals surface area contributed by atoms with E-state index in [2.05, 4.69) is 11.8 Å². The highest BCUT2D eigenvalue weighted by atomic mass is 16.5. The number of carboxylic acids is 1. The minimum Gasteiger partial charge on any atom is -0.493 e. The second kappa shape index (κ2) is 8.79. The number of benzene rings is 2. The lowest BCUT2D eigenvalue weighted by molar-refractivity contribution is 0.0696. The van der Waals surface area contributed by atoms with Gasteiger partial charge in [-0.15, -0.1) is 0 Å². The van der Waals surface area contributed by atoms with Crippen molar-refractivity contribution in [2.75, 3.05) is 35.0 Å². The highest BCUT2D eigenvalue weighted by molar-refractivity contribution is 5.92. The van der Waals surface area contributed by atoms with Crippen LogP contribution in [0.2, 0.25) is 0 Å². The summed E-state index contributed by atoms with van der Waals surface area (Å²) in [6, 6.07) is 8.56. The van der Waals surface area contributed by atoms with E-state index in [9.17, 15) is 9.90 Å². The van der Waals surface area contributed by atoms with Crippen molar-refractivity contribution < 1.29 is 28.8 Å². The van der Waals surface area contributed by atoms with Crippen molar-refractivity contribution >= 4 is 5.97 Å². The fourth-order valence-corrected chi connectivity index (χ4v) is 2.46. The van der Waals surface area contributed by atoms with Crippen molar-refractivity contribution in [2.24, 2.45) is 0 Å². The number of rotatable bonds is 6. The minimum absolute atomic E-state index is 0.111. The summed E-state index contributed by atoms with van der Waals surface area (Å²) in [5.41, 5.74) is 1.96. The molecule has 0 aliphatic heterocycles. The van der Waals surface area contributed by atoms with Crippen LogP contribution in [-0.2, 0) is 4.74 Å². The molecule has 26 heavy (non-hydrogen) atoms. The highest BCUT2D eigenvalue weighted by Gasteiger charge is 2.16. The lowest BCUT2D eigenvalue weighted by atomic mass is 9.98. The molecule has 2 aromatic rings. The molecule has 2 rings (SSSR count). The van der Waals surface area contributed by atoms with E-state index < -0.39 is 5.97 Å². The Hall–Kier alpha value is -3.17. The summed E-state index contributed by atoms with van der Waals surface area (Å²) in [6.07, 6.45) is 0. The second-order valence-electron chi connectivity index (χ2n) is 5.21. The van der Waals surface area contributed by atoms with E-state index in [1.54, 1.807) is 30.3 Å². The molecule has 0 fully saturated rings. The van der Waals surface area contributed by atoms with Gasteiger partial charge in [0, 0.05) is 12.7 Å². The Bertz CT molecular complexity index is 835. The molecule has 6 heteroatoms. The fraction of sp³-hybridized carbons (Fsp3) is 0.250. The van der Waals surface area contributed by atoms with Crippen LogP contribution in [0.1, 0.15) is 15.9 Å². The number of ether oxygens (including phenoxy) is 4. The fourth-order valence-electron chi connectivity index (χ4n) is 2.46. The maximum absolute atomic E-state index is 11.6. The first-order chi connectivity index (χ1) is 12.5. The van der Waals surface area contributed by atoms with Crippen LogP contribution < -0.4 is 14.2 Å². The number of hydrogen-bond donors (Lipinski definition) is 1. The van der Waals surface area contributed by atoms with Crippen LogP contribution in [0.3, 0.4) is 0 Å². The molecule has 0 radical (unpaired) electrons. The van der Waals surface area contributed by atoms with E-state index in [1.807, 2.05) is 0 Å². The normalized spacial score (nSPS) is 9.85. The average Bonchev–Trinajstić information content (AvgIpc) is 2.66. The summed E-state index contributed by atoms with van der Waals surface area (Å²) in [4.78, 5) is 11.6. The SMILES string of the molecule is COCC#Cc1ccc(-c2cc(OC)c(OC)c(OC)c2)cc1C(=O)O. The summed E-state index contributed by atoms with van der Waals surface area (Å²) in [5, 5.41) is 9.51. The first-order valence-corrected chi connectivity index (χ1v) is 7.71. The Balaban J connectivity index is 2.57. The average molecular weight is 356 g/mol. The Morgan fingerprint density at radius 1 is 0.962 bits per heavy atom. The van der Waals surface area contributed by atoms with E-state index in [0.717, 1.165) is 5.56 Å². The van der Waals surface area contributed by atoms with Gasteiger partial charge in [-0.1, -0.05) is 17.9 Å². The Morgan fingerprint density at radius 3 is 2.12 bits per heavy atom. The molecular formula is C20H20O6. The molecule has 1 N–H and O–H groups in total. The standard InChI is InChI=1S/C20H20O6/c1-23-9-5-6-13-7-8-14(10-16(13)20(21)22)15-11-17(24-2)19(26-4)18(12-15)25-3/h7-8,10-12H,9H2,1-4H3,(H,21,22). The number of carbonyl (C=O) groups is 1. The van der Waals surface area contributed by atoms with E-state index in [0.29, 0.717) is 28.4 Å². The summed E-state index contributed by atoms with van der Waals surface area (Å²) >= 11 is 0. The molecule has 0 saturated carbocycles. The molecule has 0 spiro atoms. The van der Waals surface area contributed by atoms with Gasteiger partial charge >= 0.3 is 5.97 Å². The lowest BCUT2D eigenvalue weighted by Crippen LogP contribution is -2.01. The van der Waals surface area contributed by atoms with Gasteiger partial charge in [-0.25, -0.2) is 4.79 Å². The van der Waals surface area contributed by atoms with Gasteiger partial charge in [0.1, 0.15) is 6.61 Å². The largest absolute Gasteiger partial charge is 0.493 e. The van der Waals surface area contributed by atoms with Crippen LogP contribution in [0.15, 0.2) is 30.3 Å². The van der Waals surface area contributed by atoms with Crippen LogP contribution in [-0.4, -0.2) is 46.1 Å². The van der Waals surface area contributed by atoms with Crippen LogP contribution >= 0.6 is 0 Å². The van der Waals surface area contributed by atoms with Crippen molar-refractivity contribution in [3.63, 3.8) is 0 Å². The molecule has 0 amide bonds. The molecule has 136 valence electrons. The van der Waals surface area contributed by atoms with E-state index in [1.165, 1.54) is 28.4 Å². The molecule has 0 bridgehead atoms. The molecule has 0 aromatic heterocycles. The van der Waals surface area contributed by atoms with Gasteiger partial charge in [0.15, 0.2) is 11.5 Å². The maximum Gasteiger partial charge on any atom is 0.336 e. The Labute approximate surface area is 152 Å². The van der Waals surface area contributed by atoms with Crippen LogP contribution in [0.4, 0.5) is 0 Å².